The predicted octanol–water partition coefficient (Wildman–Crippen LogP) is 5.74. The van der Waals surface area contributed by atoms with E-state index in [1.54, 1.807) is 30.3 Å². The van der Waals surface area contributed by atoms with Gasteiger partial charge in [0, 0.05) is 11.1 Å². The Balaban J connectivity index is 1.86. The van der Waals surface area contributed by atoms with Crippen molar-refractivity contribution in [2.45, 2.75) is 13.3 Å². The molecule has 0 unspecified atom stereocenters. The van der Waals surface area contributed by atoms with Gasteiger partial charge in [0.2, 0.25) is 5.82 Å². The minimum absolute atomic E-state index is 0.133. The zero-order chi connectivity index (χ0) is 19.4. The highest BCUT2D eigenvalue weighted by Crippen LogP contribution is 2.29. The Labute approximate surface area is 156 Å². The van der Waals surface area contributed by atoms with Gasteiger partial charge in [-0.2, -0.15) is 4.39 Å². The molecule has 0 amide bonds. The van der Waals surface area contributed by atoms with E-state index in [9.17, 15) is 13.2 Å². The van der Waals surface area contributed by atoms with Crippen molar-refractivity contribution in [2.24, 2.45) is 0 Å². The molecule has 0 aliphatic heterocycles. The second-order valence-corrected chi connectivity index (χ2v) is 5.94. The Hall–Kier alpha value is -3.19. The molecule has 0 heterocycles. The Kier molecular flexibility index (Phi) is 5.52. The first kappa shape index (κ1) is 18.6. The van der Waals surface area contributed by atoms with Crippen LogP contribution in [0.15, 0.2) is 54.6 Å². The summed E-state index contributed by atoms with van der Waals surface area (Å²) in [7, 11) is 1.28. The van der Waals surface area contributed by atoms with Gasteiger partial charge in [-0.1, -0.05) is 37.0 Å². The van der Waals surface area contributed by atoms with Gasteiger partial charge in [-0.15, -0.1) is 0 Å². The summed E-state index contributed by atoms with van der Waals surface area (Å²) in [6.07, 6.45) is 0.759. The Morgan fingerprint density at radius 2 is 1.59 bits per heavy atom. The summed E-state index contributed by atoms with van der Waals surface area (Å²) in [5.74, 6) is 3.20. The van der Waals surface area contributed by atoms with Crippen molar-refractivity contribution in [2.75, 3.05) is 7.11 Å². The maximum Gasteiger partial charge on any atom is 0.201 e. The lowest BCUT2D eigenvalue weighted by Crippen LogP contribution is -1.95. The van der Waals surface area contributed by atoms with Crippen molar-refractivity contribution in [3.8, 4) is 28.7 Å². The molecule has 0 aliphatic rings. The van der Waals surface area contributed by atoms with Gasteiger partial charge in [-0.3, -0.25) is 0 Å². The lowest BCUT2D eigenvalue weighted by atomic mass is 10.0. The molecule has 4 heteroatoms. The summed E-state index contributed by atoms with van der Waals surface area (Å²) >= 11 is 0. The molecule has 0 saturated heterocycles. The van der Waals surface area contributed by atoms with E-state index >= 15 is 0 Å². The number of halogens is 3. The van der Waals surface area contributed by atoms with Crippen molar-refractivity contribution in [3.05, 3.63) is 88.7 Å². The monoisotopic (exact) mass is 366 g/mol. The fraction of sp³-hybridized carbons (Fsp3) is 0.130. The van der Waals surface area contributed by atoms with Crippen LogP contribution < -0.4 is 4.74 Å². The number of benzene rings is 3. The van der Waals surface area contributed by atoms with Crippen molar-refractivity contribution in [1.29, 1.82) is 0 Å². The molecule has 0 fully saturated rings. The smallest absolute Gasteiger partial charge is 0.201 e. The van der Waals surface area contributed by atoms with Crippen LogP contribution in [-0.4, -0.2) is 7.11 Å². The van der Waals surface area contributed by atoms with Crippen LogP contribution in [0.5, 0.6) is 5.75 Å². The SMILES string of the molecule is CCc1ccc(C#Cc2ccc(-c3ccc(OC)c(F)c3F)cc2)c(F)c1. The van der Waals surface area contributed by atoms with Crippen LogP contribution in [0.2, 0.25) is 0 Å². The zero-order valence-corrected chi connectivity index (χ0v) is 14.9. The first-order chi connectivity index (χ1) is 13.0. The van der Waals surface area contributed by atoms with E-state index in [2.05, 4.69) is 11.8 Å². The molecule has 3 aromatic carbocycles. The van der Waals surface area contributed by atoms with Gasteiger partial charge < -0.3 is 4.74 Å². The molecule has 0 aliphatic carbocycles. The molecule has 0 N–H and O–H groups in total. The number of rotatable bonds is 3. The predicted molar refractivity (Wildman–Crippen MR) is 100 cm³/mol. The molecule has 0 spiro atoms. The third-order valence-corrected chi connectivity index (χ3v) is 4.25. The van der Waals surface area contributed by atoms with Crippen molar-refractivity contribution in [1.82, 2.24) is 0 Å². The molecule has 0 aromatic heterocycles. The van der Waals surface area contributed by atoms with Gasteiger partial charge in [0.25, 0.3) is 0 Å². The largest absolute Gasteiger partial charge is 0.494 e. The summed E-state index contributed by atoms with van der Waals surface area (Å²) in [6, 6.07) is 14.5. The number of aryl methyl sites for hydroxylation is 1. The van der Waals surface area contributed by atoms with Crippen molar-refractivity contribution < 1.29 is 17.9 Å². The molecular formula is C23H17F3O. The first-order valence-electron chi connectivity index (χ1n) is 8.46. The van der Waals surface area contributed by atoms with E-state index in [0.29, 0.717) is 16.7 Å². The standard InChI is InChI=1S/C23H17F3O/c1-3-15-4-10-18(20(24)14-15)11-7-16-5-8-17(9-6-16)19-12-13-21(27-2)23(26)22(19)25/h4-6,8-10,12-14H,3H2,1-2H3. The molecule has 136 valence electrons. The van der Waals surface area contributed by atoms with E-state index in [0.717, 1.165) is 12.0 Å². The Morgan fingerprint density at radius 1 is 0.852 bits per heavy atom. The van der Waals surface area contributed by atoms with E-state index in [1.165, 1.54) is 25.3 Å². The average Bonchev–Trinajstić information content (AvgIpc) is 2.69. The third kappa shape index (κ3) is 3.98. The minimum Gasteiger partial charge on any atom is -0.494 e. The van der Waals surface area contributed by atoms with Gasteiger partial charge >= 0.3 is 0 Å². The summed E-state index contributed by atoms with van der Waals surface area (Å²) in [5, 5.41) is 0. The molecule has 3 aromatic rings. The fourth-order valence-corrected chi connectivity index (χ4v) is 2.66. The summed E-state index contributed by atoms with van der Waals surface area (Å²) < 4.78 is 46.8. The second-order valence-electron chi connectivity index (χ2n) is 5.94. The Bertz CT molecular complexity index is 1030. The van der Waals surface area contributed by atoms with E-state index in [1.807, 2.05) is 13.0 Å². The zero-order valence-electron chi connectivity index (χ0n) is 14.9. The molecule has 27 heavy (non-hydrogen) atoms. The average molecular weight is 366 g/mol. The lowest BCUT2D eigenvalue weighted by molar-refractivity contribution is 0.372. The Morgan fingerprint density at radius 3 is 2.22 bits per heavy atom. The maximum atomic E-state index is 14.2. The second kappa shape index (κ2) is 8.01. The molecule has 1 nitrogen and oxygen atoms in total. The normalized spacial score (nSPS) is 10.3. The summed E-state index contributed by atoms with van der Waals surface area (Å²) in [4.78, 5) is 0. The van der Waals surface area contributed by atoms with E-state index < -0.39 is 11.6 Å². The number of ether oxygens (including phenoxy) is 1. The van der Waals surface area contributed by atoms with Crippen LogP contribution in [-0.2, 0) is 6.42 Å². The van der Waals surface area contributed by atoms with Crippen LogP contribution in [0.3, 0.4) is 0 Å². The summed E-state index contributed by atoms with van der Waals surface area (Å²) in [6.45, 7) is 1.96. The molecule has 3 rings (SSSR count). The number of methoxy groups -OCH3 is 1. The first-order valence-corrected chi connectivity index (χ1v) is 8.46. The van der Waals surface area contributed by atoms with Crippen LogP contribution >= 0.6 is 0 Å². The van der Waals surface area contributed by atoms with Crippen LogP contribution in [0.1, 0.15) is 23.6 Å². The van der Waals surface area contributed by atoms with Gasteiger partial charge in [0.05, 0.1) is 12.7 Å². The van der Waals surface area contributed by atoms with Gasteiger partial charge in [-0.25, -0.2) is 8.78 Å². The van der Waals surface area contributed by atoms with E-state index in [-0.39, 0.29) is 17.1 Å². The van der Waals surface area contributed by atoms with Crippen LogP contribution in [0.4, 0.5) is 13.2 Å². The summed E-state index contributed by atoms with van der Waals surface area (Å²) in [5.41, 5.74) is 2.52. The highest BCUT2D eigenvalue weighted by molar-refractivity contribution is 5.66. The minimum atomic E-state index is -1.02. The van der Waals surface area contributed by atoms with Gasteiger partial charge in [0.15, 0.2) is 11.6 Å². The fourth-order valence-electron chi connectivity index (χ4n) is 2.66. The van der Waals surface area contributed by atoms with Crippen molar-refractivity contribution >= 4 is 0 Å². The number of hydrogen-bond acceptors (Lipinski definition) is 1. The third-order valence-electron chi connectivity index (χ3n) is 4.25. The van der Waals surface area contributed by atoms with Crippen molar-refractivity contribution in [3.63, 3.8) is 0 Å². The lowest BCUT2D eigenvalue weighted by Gasteiger charge is -2.08. The van der Waals surface area contributed by atoms with E-state index in [4.69, 9.17) is 4.74 Å². The van der Waals surface area contributed by atoms with Crippen LogP contribution in [0.25, 0.3) is 11.1 Å². The number of hydrogen-bond donors (Lipinski definition) is 0. The molecule has 0 radical (unpaired) electrons. The highest BCUT2D eigenvalue weighted by atomic mass is 19.2. The molecule has 0 bridgehead atoms. The topological polar surface area (TPSA) is 9.23 Å². The highest BCUT2D eigenvalue weighted by Gasteiger charge is 2.14. The maximum absolute atomic E-state index is 14.2. The molecular weight excluding hydrogens is 349 g/mol. The quantitative estimate of drug-likeness (QED) is 0.537. The van der Waals surface area contributed by atoms with Gasteiger partial charge in [0.1, 0.15) is 5.82 Å². The molecule has 0 saturated carbocycles. The van der Waals surface area contributed by atoms with Crippen LogP contribution in [0, 0.1) is 29.3 Å². The van der Waals surface area contributed by atoms with Gasteiger partial charge in [-0.05, 0) is 53.9 Å². The molecule has 0 atom stereocenters.